The van der Waals surface area contributed by atoms with Gasteiger partial charge in [0, 0.05) is 0 Å². The molecule has 1 aliphatic rings. The summed E-state index contributed by atoms with van der Waals surface area (Å²) in [6.07, 6.45) is 7.00. The molecule has 0 aromatic rings. The van der Waals surface area contributed by atoms with Crippen molar-refractivity contribution in [2.24, 2.45) is 11.8 Å². The highest BCUT2D eigenvalue weighted by molar-refractivity contribution is 5.59. The molecule has 15 heavy (non-hydrogen) atoms. The largest absolute Gasteiger partial charge is 0.508 e. The van der Waals surface area contributed by atoms with Crippen LogP contribution >= 0.6 is 0 Å². The third-order valence-electron chi connectivity index (χ3n) is 2.35. The summed E-state index contributed by atoms with van der Waals surface area (Å²) < 4.78 is 9.95. The Kier molecular flexibility index (Phi) is 5.22. The first-order valence-corrected chi connectivity index (χ1v) is 5.63. The smallest absolute Gasteiger partial charge is 0.434 e. The Hall–Kier alpha value is -0.990. The number of carbonyl (C=O) groups is 1. The molecule has 1 unspecified atom stereocenters. The molecule has 3 heteroatoms. The predicted molar refractivity (Wildman–Crippen MR) is 58.6 cm³/mol. The van der Waals surface area contributed by atoms with Crippen molar-refractivity contribution in [2.75, 3.05) is 13.2 Å². The SMILES string of the molecule is CC(C)COC(=O)OCC1CC=CCC1. The van der Waals surface area contributed by atoms with Crippen molar-refractivity contribution in [1.82, 2.24) is 0 Å². The summed E-state index contributed by atoms with van der Waals surface area (Å²) in [5.41, 5.74) is 0. The van der Waals surface area contributed by atoms with E-state index in [2.05, 4.69) is 12.2 Å². The van der Waals surface area contributed by atoms with Gasteiger partial charge in [0.2, 0.25) is 0 Å². The lowest BCUT2D eigenvalue weighted by atomic mass is 9.95. The summed E-state index contributed by atoms with van der Waals surface area (Å²) in [4.78, 5) is 11.1. The van der Waals surface area contributed by atoms with E-state index in [-0.39, 0.29) is 0 Å². The zero-order valence-electron chi connectivity index (χ0n) is 9.57. The first-order valence-electron chi connectivity index (χ1n) is 5.63. The molecule has 1 aliphatic carbocycles. The average molecular weight is 212 g/mol. The minimum absolute atomic E-state index is 0.357. The van der Waals surface area contributed by atoms with Gasteiger partial charge in [0.25, 0.3) is 0 Å². The van der Waals surface area contributed by atoms with Crippen LogP contribution in [0.5, 0.6) is 0 Å². The van der Waals surface area contributed by atoms with Crippen LogP contribution in [0.25, 0.3) is 0 Å². The zero-order chi connectivity index (χ0) is 11.1. The molecule has 0 aromatic carbocycles. The van der Waals surface area contributed by atoms with E-state index in [0.29, 0.717) is 25.0 Å². The van der Waals surface area contributed by atoms with Gasteiger partial charge in [0.15, 0.2) is 0 Å². The maximum atomic E-state index is 11.1. The molecule has 0 aromatic heterocycles. The molecule has 0 spiro atoms. The molecule has 0 saturated carbocycles. The van der Waals surface area contributed by atoms with Crippen molar-refractivity contribution in [3.05, 3.63) is 12.2 Å². The number of hydrogen-bond donors (Lipinski definition) is 0. The van der Waals surface area contributed by atoms with Gasteiger partial charge in [0.05, 0.1) is 13.2 Å². The second-order valence-electron chi connectivity index (χ2n) is 4.42. The molecule has 0 N–H and O–H groups in total. The van der Waals surface area contributed by atoms with Gasteiger partial charge in [-0.1, -0.05) is 26.0 Å². The van der Waals surface area contributed by atoms with Gasteiger partial charge in [-0.05, 0) is 31.1 Å². The Labute approximate surface area is 91.4 Å². The fourth-order valence-corrected chi connectivity index (χ4v) is 1.47. The molecule has 1 atom stereocenters. The maximum absolute atomic E-state index is 11.1. The van der Waals surface area contributed by atoms with Crippen LogP contribution in [0, 0.1) is 11.8 Å². The van der Waals surface area contributed by atoms with Crippen LogP contribution in [-0.4, -0.2) is 19.4 Å². The summed E-state index contributed by atoms with van der Waals surface area (Å²) >= 11 is 0. The molecule has 0 bridgehead atoms. The van der Waals surface area contributed by atoms with Crippen molar-refractivity contribution < 1.29 is 14.3 Å². The summed E-state index contributed by atoms with van der Waals surface area (Å²) in [5.74, 6) is 0.830. The van der Waals surface area contributed by atoms with E-state index >= 15 is 0 Å². The maximum Gasteiger partial charge on any atom is 0.508 e. The standard InChI is InChI=1S/C12H20O3/c1-10(2)8-14-12(13)15-9-11-6-4-3-5-7-11/h3-4,10-11H,5-9H2,1-2H3. The van der Waals surface area contributed by atoms with Crippen molar-refractivity contribution in [3.8, 4) is 0 Å². The van der Waals surface area contributed by atoms with Crippen LogP contribution in [0.1, 0.15) is 33.1 Å². The van der Waals surface area contributed by atoms with Crippen LogP contribution in [0.15, 0.2) is 12.2 Å². The second-order valence-corrected chi connectivity index (χ2v) is 4.42. The van der Waals surface area contributed by atoms with Crippen molar-refractivity contribution in [1.29, 1.82) is 0 Å². The summed E-state index contributed by atoms with van der Waals surface area (Å²) in [6.45, 7) is 4.92. The van der Waals surface area contributed by atoms with Crippen molar-refractivity contribution in [3.63, 3.8) is 0 Å². The Balaban J connectivity index is 2.08. The van der Waals surface area contributed by atoms with E-state index < -0.39 is 6.16 Å². The third-order valence-corrected chi connectivity index (χ3v) is 2.35. The molecule has 86 valence electrons. The molecular weight excluding hydrogens is 192 g/mol. The van der Waals surface area contributed by atoms with Crippen LogP contribution in [-0.2, 0) is 9.47 Å². The van der Waals surface area contributed by atoms with Crippen LogP contribution in [0.3, 0.4) is 0 Å². The monoisotopic (exact) mass is 212 g/mol. The molecule has 0 saturated heterocycles. The highest BCUT2D eigenvalue weighted by atomic mass is 16.7. The van der Waals surface area contributed by atoms with E-state index in [1.165, 1.54) is 0 Å². The molecular formula is C12H20O3. The van der Waals surface area contributed by atoms with Crippen molar-refractivity contribution >= 4 is 6.16 Å². The fraction of sp³-hybridized carbons (Fsp3) is 0.750. The quantitative estimate of drug-likeness (QED) is 0.530. The van der Waals surface area contributed by atoms with Gasteiger partial charge in [-0.3, -0.25) is 0 Å². The normalized spacial score (nSPS) is 20.3. The van der Waals surface area contributed by atoms with Gasteiger partial charge in [-0.25, -0.2) is 4.79 Å². The topological polar surface area (TPSA) is 35.5 Å². The molecule has 0 fully saturated rings. The zero-order valence-corrected chi connectivity index (χ0v) is 9.57. The van der Waals surface area contributed by atoms with Crippen LogP contribution in [0.4, 0.5) is 4.79 Å². The third kappa shape index (κ3) is 5.45. The van der Waals surface area contributed by atoms with E-state index in [1.807, 2.05) is 13.8 Å². The van der Waals surface area contributed by atoms with E-state index in [1.54, 1.807) is 0 Å². The van der Waals surface area contributed by atoms with Gasteiger partial charge in [-0.2, -0.15) is 0 Å². The van der Waals surface area contributed by atoms with Gasteiger partial charge >= 0.3 is 6.16 Å². The molecule has 0 aliphatic heterocycles. The van der Waals surface area contributed by atoms with E-state index in [9.17, 15) is 4.79 Å². The first kappa shape index (κ1) is 12.1. The minimum atomic E-state index is -0.529. The molecule has 0 radical (unpaired) electrons. The lowest BCUT2D eigenvalue weighted by molar-refractivity contribution is 0.0365. The predicted octanol–water partition coefficient (Wildman–Crippen LogP) is 3.15. The second kappa shape index (κ2) is 6.49. The summed E-state index contributed by atoms with van der Waals surface area (Å²) in [5, 5.41) is 0. The van der Waals surface area contributed by atoms with Crippen LogP contribution in [0.2, 0.25) is 0 Å². The van der Waals surface area contributed by atoms with E-state index in [4.69, 9.17) is 9.47 Å². The van der Waals surface area contributed by atoms with Crippen LogP contribution < -0.4 is 0 Å². The van der Waals surface area contributed by atoms with Gasteiger partial charge in [-0.15, -0.1) is 0 Å². The molecule has 0 heterocycles. The molecule has 1 rings (SSSR count). The summed E-state index contributed by atoms with van der Waals surface area (Å²) in [6, 6.07) is 0. The number of hydrogen-bond acceptors (Lipinski definition) is 3. The average Bonchev–Trinajstić information content (AvgIpc) is 2.25. The number of carbonyl (C=O) groups excluding carboxylic acids is 1. The number of ether oxygens (including phenoxy) is 2. The first-order chi connectivity index (χ1) is 7.18. The molecule has 0 amide bonds. The Morgan fingerprint density at radius 3 is 2.80 bits per heavy atom. The summed E-state index contributed by atoms with van der Waals surface area (Å²) in [7, 11) is 0. The number of allylic oxidation sites excluding steroid dienone is 2. The highest BCUT2D eigenvalue weighted by Crippen LogP contribution is 2.18. The van der Waals surface area contributed by atoms with Crippen molar-refractivity contribution in [2.45, 2.75) is 33.1 Å². The van der Waals surface area contributed by atoms with Gasteiger partial charge in [0.1, 0.15) is 0 Å². The van der Waals surface area contributed by atoms with Gasteiger partial charge < -0.3 is 9.47 Å². The lowest BCUT2D eigenvalue weighted by Crippen LogP contribution is -2.17. The molecule has 3 nitrogen and oxygen atoms in total. The Morgan fingerprint density at radius 1 is 1.40 bits per heavy atom. The van der Waals surface area contributed by atoms with E-state index in [0.717, 1.165) is 19.3 Å². The fourth-order valence-electron chi connectivity index (χ4n) is 1.47. The Bertz CT molecular complexity index is 221. The lowest BCUT2D eigenvalue weighted by Gasteiger charge is -2.17. The highest BCUT2D eigenvalue weighted by Gasteiger charge is 2.13. The number of rotatable bonds is 4. The Morgan fingerprint density at radius 2 is 2.20 bits per heavy atom. The minimum Gasteiger partial charge on any atom is -0.434 e.